The highest BCUT2D eigenvalue weighted by atomic mass is 16.5. The van der Waals surface area contributed by atoms with Gasteiger partial charge in [-0.15, -0.1) is 0 Å². The first-order valence-electron chi connectivity index (χ1n) is 7.64. The van der Waals surface area contributed by atoms with Crippen molar-refractivity contribution in [3.63, 3.8) is 0 Å². The van der Waals surface area contributed by atoms with Gasteiger partial charge in [-0.2, -0.15) is 0 Å². The monoisotopic (exact) mass is 276 g/mol. The summed E-state index contributed by atoms with van der Waals surface area (Å²) in [5, 5.41) is 3.44. The second-order valence-corrected chi connectivity index (χ2v) is 6.27. The van der Waals surface area contributed by atoms with Crippen LogP contribution in [0, 0.1) is 13.8 Å². The van der Waals surface area contributed by atoms with Crippen molar-refractivity contribution in [2.45, 2.75) is 39.2 Å². The van der Waals surface area contributed by atoms with E-state index in [1.54, 1.807) is 0 Å². The summed E-state index contributed by atoms with van der Waals surface area (Å²) >= 11 is 0. The maximum absolute atomic E-state index is 5.94. The predicted molar refractivity (Wildman–Crippen MR) is 84.5 cm³/mol. The van der Waals surface area contributed by atoms with Gasteiger partial charge in [0.25, 0.3) is 0 Å². The Kier molecular flexibility index (Phi) is 5.06. The molecule has 2 rings (SSSR count). The largest absolute Gasteiger partial charge is 0.492 e. The number of nitrogens with zero attached hydrogens (tertiary/aromatic N) is 1. The van der Waals surface area contributed by atoms with Crippen LogP contribution in [0.15, 0.2) is 18.2 Å². The summed E-state index contributed by atoms with van der Waals surface area (Å²) in [4.78, 5) is 2.50. The molecule has 1 aliphatic heterocycles. The van der Waals surface area contributed by atoms with Crippen molar-refractivity contribution in [1.29, 1.82) is 0 Å². The van der Waals surface area contributed by atoms with Crippen molar-refractivity contribution in [1.82, 2.24) is 10.2 Å². The Labute approximate surface area is 123 Å². The van der Waals surface area contributed by atoms with Crippen LogP contribution in [0.2, 0.25) is 0 Å². The van der Waals surface area contributed by atoms with Crippen molar-refractivity contribution < 1.29 is 4.74 Å². The Balaban J connectivity index is 1.76. The molecule has 0 radical (unpaired) electrons. The van der Waals surface area contributed by atoms with Crippen LogP contribution in [0.4, 0.5) is 0 Å². The van der Waals surface area contributed by atoms with Crippen molar-refractivity contribution in [3.8, 4) is 5.75 Å². The maximum atomic E-state index is 5.94. The Morgan fingerprint density at radius 1 is 1.25 bits per heavy atom. The number of rotatable bonds is 5. The molecule has 1 heterocycles. The molecule has 0 unspecified atom stereocenters. The fourth-order valence-corrected chi connectivity index (χ4v) is 2.67. The van der Waals surface area contributed by atoms with E-state index in [2.05, 4.69) is 56.2 Å². The smallest absolute Gasteiger partial charge is 0.122 e. The molecule has 20 heavy (non-hydrogen) atoms. The SMILES string of the molecule is CNC1(C)CCN(CCOc2cc(C)ccc2C)CC1. The molecule has 0 atom stereocenters. The molecule has 1 aliphatic rings. The highest BCUT2D eigenvalue weighted by molar-refractivity contribution is 5.35. The summed E-state index contributed by atoms with van der Waals surface area (Å²) < 4.78 is 5.94. The third-order valence-corrected chi connectivity index (χ3v) is 4.57. The number of hydrogen-bond acceptors (Lipinski definition) is 3. The lowest BCUT2D eigenvalue weighted by atomic mass is 9.90. The van der Waals surface area contributed by atoms with E-state index in [0.29, 0.717) is 5.54 Å². The van der Waals surface area contributed by atoms with Gasteiger partial charge in [0, 0.05) is 25.2 Å². The minimum Gasteiger partial charge on any atom is -0.492 e. The lowest BCUT2D eigenvalue weighted by Crippen LogP contribution is -2.50. The van der Waals surface area contributed by atoms with Crippen LogP contribution in [0.1, 0.15) is 30.9 Å². The van der Waals surface area contributed by atoms with Gasteiger partial charge in [0.05, 0.1) is 0 Å². The first-order valence-corrected chi connectivity index (χ1v) is 7.64. The van der Waals surface area contributed by atoms with E-state index in [0.717, 1.165) is 32.0 Å². The molecular weight excluding hydrogens is 248 g/mol. The summed E-state index contributed by atoms with van der Waals surface area (Å²) in [5.41, 5.74) is 2.80. The van der Waals surface area contributed by atoms with Crippen LogP contribution in [-0.4, -0.2) is 43.7 Å². The Morgan fingerprint density at radius 2 is 1.95 bits per heavy atom. The molecule has 1 N–H and O–H groups in total. The summed E-state index contributed by atoms with van der Waals surface area (Å²) in [6, 6.07) is 6.39. The first kappa shape index (κ1) is 15.3. The van der Waals surface area contributed by atoms with Crippen LogP contribution < -0.4 is 10.1 Å². The van der Waals surface area contributed by atoms with E-state index in [1.807, 2.05) is 0 Å². The topological polar surface area (TPSA) is 24.5 Å². The quantitative estimate of drug-likeness (QED) is 0.895. The molecule has 112 valence electrons. The second-order valence-electron chi connectivity index (χ2n) is 6.27. The van der Waals surface area contributed by atoms with Gasteiger partial charge in [-0.3, -0.25) is 4.90 Å². The van der Waals surface area contributed by atoms with Gasteiger partial charge in [0.1, 0.15) is 12.4 Å². The average Bonchev–Trinajstić information content (AvgIpc) is 2.45. The fraction of sp³-hybridized carbons (Fsp3) is 0.647. The minimum absolute atomic E-state index is 0.324. The van der Waals surface area contributed by atoms with E-state index >= 15 is 0 Å². The van der Waals surface area contributed by atoms with E-state index in [-0.39, 0.29) is 0 Å². The fourth-order valence-electron chi connectivity index (χ4n) is 2.67. The zero-order valence-electron chi connectivity index (χ0n) is 13.3. The third kappa shape index (κ3) is 3.97. The molecule has 0 bridgehead atoms. The zero-order chi connectivity index (χ0) is 14.6. The molecule has 0 aliphatic carbocycles. The standard InChI is InChI=1S/C17H28N2O/c1-14-5-6-15(2)16(13-14)20-12-11-19-9-7-17(3,18-4)8-10-19/h5-6,13,18H,7-12H2,1-4H3. The normalized spacial score (nSPS) is 19.0. The van der Waals surface area contributed by atoms with Crippen LogP contribution in [0.3, 0.4) is 0 Å². The summed E-state index contributed by atoms with van der Waals surface area (Å²) in [6.07, 6.45) is 2.43. The molecule has 1 fully saturated rings. The molecular formula is C17H28N2O. The van der Waals surface area contributed by atoms with Crippen LogP contribution in [0.25, 0.3) is 0 Å². The van der Waals surface area contributed by atoms with Gasteiger partial charge in [0.2, 0.25) is 0 Å². The Bertz CT molecular complexity index is 437. The number of likely N-dealkylation sites (tertiary alicyclic amines) is 1. The van der Waals surface area contributed by atoms with E-state index < -0.39 is 0 Å². The number of ether oxygens (including phenoxy) is 1. The van der Waals surface area contributed by atoms with Gasteiger partial charge in [-0.05, 0) is 57.9 Å². The van der Waals surface area contributed by atoms with Gasteiger partial charge in [-0.1, -0.05) is 12.1 Å². The molecule has 1 saturated heterocycles. The predicted octanol–water partition coefficient (Wildman–Crippen LogP) is 2.76. The Morgan fingerprint density at radius 3 is 2.60 bits per heavy atom. The molecule has 3 heteroatoms. The third-order valence-electron chi connectivity index (χ3n) is 4.57. The number of hydrogen-bond donors (Lipinski definition) is 1. The van der Waals surface area contributed by atoms with Gasteiger partial charge in [0.15, 0.2) is 0 Å². The number of nitrogens with one attached hydrogen (secondary N) is 1. The van der Waals surface area contributed by atoms with Crippen molar-refractivity contribution in [2.24, 2.45) is 0 Å². The van der Waals surface area contributed by atoms with Crippen molar-refractivity contribution >= 4 is 0 Å². The molecule has 0 amide bonds. The summed E-state index contributed by atoms with van der Waals surface area (Å²) in [5.74, 6) is 1.03. The molecule has 0 spiro atoms. The average molecular weight is 276 g/mol. The highest BCUT2D eigenvalue weighted by Crippen LogP contribution is 2.22. The van der Waals surface area contributed by atoms with Crippen LogP contribution in [0.5, 0.6) is 5.75 Å². The highest BCUT2D eigenvalue weighted by Gasteiger charge is 2.27. The minimum atomic E-state index is 0.324. The molecule has 0 aromatic heterocycles. The zero-order valence-corrected chi connectivity index (χ0v) is 13.3. The van der Waals surface area contributed by atoms with Crippen LogP contribution in [-0.2, 0) is 0 Å². The van der Waals surface area contributed by atoms with E-state index in [9.17, 15) is 0 Å². The van der Waals surface area contributed by atoms with Crippen molar-refractivity contribution in [2.75, 3.05) is 33.3 Å². The lowest BCUT2D eigenvalue weighted by Gasteiger charge is -2.39. The second kappa shape index (κ2) is 6.59. The lowest BCUT2D eigenvalue weighted by molar-refractivity contribution is 0.132. The van der Waals surface area contributed by atoms with E-state index in [4.69, 9.17) is 4.74 Å². The van der Waals surface area contributed by atoms with Gasteiger partial charge < -0.3 is 10.1 Å². The molecule has 0 saturated carbocycles. The molecule has 3 nitrogen and oxygen atoms in total. The molecule has 1 aromatic rings. The number of piperidine rings is 1. The van der Waals surface area contributed by atoms with Gasteiger partial charge in [-0.25, -0.2) is 0 Å². The van der Waals surface area contributed by atoms with Crippen molar-refractivity contribution in [3.05, 3.63) is 29.3 Å². The number of benzene rings is 1. The first-order chi connectivity index (χ1) is 9.52. The van der Waals surface area contributed by atoms with Crippen LogP contribution >= 0.6 is 0 Å². The number of aryl methyl sites for hydroxylation is 2. The molecule has 1 aromatic carbocycles. The Hall–Kier alpha value is -1.06. The summed E-state index contributed by atoms with van der Waals surface area (Å²) in [7, 11) is 2.07. The maximum Gasteiger partial charge on any atom is 0.122 e. The van der Waals surface area contributed by atoms with E-state index in [1.165, 1.54) is 24.0 Å². The van der Waals surface area contributed by atoms with Gasteiger partial charge >= 0.3 is 0 Å². The summed E-state index contributed by atoms with van der Waals surface area (Å²) in [6.45, 7) is 10.6.